The maximum Gasteiger partial charge on any atom is 0.226 e. The molecule has 3 rings (SSSR count). The maximum absolute atomic E-state index is 12.1. The van der Waals surface area contributed by atoms with Crippen LogP contribution in [0.15, 0.2) is 54.9 Å². The van der Waals surface area contributed by atoms with Crippen molar-refractivity contribution in [2.75, 3.05) is 5.32 Å². The van der Waals surface area contributed by atoms with Crippen molar-refractivity contribution in [1.82, 2.24) is 9.78 Å². The highest BCUT2D eigenvalue weighted by molar-refractivity contribution is 6.02. The lowest BCUT2D eigenvalue weighted by Crippen LogP contribution is -2.14. The number of nitrogens with zero attached hydrogens (tertiary/aromatic N) is 2. The molecule has 1 aromatic heterocycles. The number of hydrogen-bond donors (Lipinski definition) is 1. The number of benzene rings is 2. The fraction of sp³-hybridized carbons (Fsp3) is 0.176. The van der Waals surface area contributed by atoms with Gasteiger partial charge in [-0.15, -0.1) is 0 Å². The van der Waals surface area contributed by atoms with Crippen molar-refractivity contribution in [3.63, 3.8) is 0 Å². The SMILES string of the molecule is Cc1cnn(CCC(=O)Nc2cccc3ccccc23)c1. The Hall–Kier alpha value is -2.62. The first-order chi connectivity index (χ1) is 10.2. The molecule has 0 radical (unpaired) electrons. The molecule has 0 aliphatic heterocycles. The van der Waals surface area contributed by atoms with E-state index in [4.69, 9.17) is 0 Å². The van der Waals surface area contributed by atoms with Gasteiger partial charge in [0.1, 0.15) is 0 Å². The zero-order valence-corrected chi connectivity index (χ0v) is 11.9. The number of aryl methyl sites for hydroxylation is 2. The number of fused-ring (bicyclic) bond motifs is 1. The lowest BCUT2D eigenvalue weighted by atomic mass is 10.1. The lowest BCUT2D eigenvalue weighted by molar-refractivity contribution is -0.116. The fourth-order valence-corrected chi connectivity index (χ4v) is 2.35. The zero-order valence-electron chi connectivity index (χ0n) is 11.9. The molecule has 21 heavy (non-hydrogen) atoms. The molecule has 0 atom stereocenters. The first-order valence-electron chi connectivity index (χ1n) is 6.99. The van der Waals surface area contributed by atoms with Crippen LogP contribution < -0.4 is 5.32 Å². The lowest BCUT2D eigenvalue weighted by Gasteiger charge is -2.08. The van der Waals surface area contributed by atoms with Gasteiger partial charge in [-0.2, -0.15) is 5.10 Å². The number of rotatable bonds is 4. The molecular formula is C17H17N3O. The topological polar surface area (TPSA) is 46.9 Å². The van der Waals surface area contributed by atoms with E-state index < -0.39 is 0 Å². The minimum atomic E-state index is -0.000457. The molecular weight excluding hydrogens is 262 g/mol. The molecule has 3 aromatic rings. The number of hydrogen-bond acceptors (Lipinski definition) is 2. The van der Waals surface area contributed by atoms with Crippen LogP contribution in [-0.2, 0) is 11.3 Å². The molecule has 1 N–H and O–H groups in total. The van der Waals surface area contributed by atoms with Crippen LogP contribution >= 0.6 is 0 Å². The van der Waals surface area contributed by atoms with E-state index in [-0.39, 0.29) is 5.91 Å². The average molecular weight is 279 g/mol. The third-order valence-electron chi connectivity index (χ3n) is 3.39. The number of nitrogens with one attached hydrogen (secondary N) is 1. The molecule has 106 valence electrons. The van der Waals surface area contributed by atoms with Gasteiger partial charge >= 0.3 is 0 Å². The average Bonchev–Trinajstić information content (AvgIpc) is 2.91. The smallest absolute Gasteiger partial charge is 0.226 e. The second kappa shape index (κ2) is 5.79. The molecule has 0 saturated carbocycles. The van der Waals surface area contributed by atoms with Crippen molar-refractivity contribution >= 4 is 22.4 Å². The van der Waals surface area contributed by atoms with Gasteiger partial charge in [-0.25, -0.2) is 0 Å². The fourth-order valence-electron chi connectivity index (χ4n) is 2.35. The number of amides is 1. The predicted octanol–water partition coefficient (Wildman–Crippen LogP) is 3.37. The Morgan fingerprint density at radius 2 is 2.00 bits per heavy atom. The zero-order chi connectivity index (χ0) is 14.7. The van der Waals surface area contributed by atoms with Gasteiger partial charge in [0, 0.05) is 30.2 Å². The van der Waals surface area contributed by atoms with Crippen LogP contribution in [0.3, 0.4) is 0 Å². The van der Waals surface area contributed by atoms with E-state index in [0.29, 0.717) is 13.0 Å². The molecule has 0 spiro atoms. The quantitative estimate of drug-likeness (QED) is 0.796. The summed E-state index contributed by atoms with van der Waals surface area (Å²) < 4.78 is 1.79. The first-order valence-corrected chi connectivity index (χ1v) is 6.99. The Bertz CT molecular complexity index is 771. The molecule has 4 nitrogen and oxygen atoms in total. The normalized spacial score (nSPS) is 10.7. The Morgan fingerprint density at radius 3 is 2.81 bits per heavy atom. The molecule has 0 unspecified atom stereocenters. The second-order valence-electron chi connectivity index (χ2n) is 5.11. The van der Waals surface area contributed by atoms with Crippen LogP contribution in [0.25, 0.3) is 10.8 Å². The van der Waals surface area contributed by atoms with Gasteiger partial charge in [0.15, 0.2) is 0 Å². The van der Waals surface area contributed by atoms with E-state index in [1.165, 1.54) is 0 Å². The molecule has 0 fully saturated rings. The standard InChI is InChI=1S/C17H17N3O/c1-13-11-18-20(12-13)10-9-17(21)19-16-8-4-6-14-5-2-3-7-15(14)16/h2-8,11-12H,9-10H2,1H3,(H,19,21). The van der Waals surface area contributed by atoms with Gasteiger partial charge in [-0.3, -0.25) is 9.48 Å². The summed E-state index contributed by atoms with van der Waals surface area (Å²) in [6.45, 7) is 2.57. The van der Waals surface area contributed by atoms with Crippen LogP contribution in [0.5, 0.6) is 0 Å². The number of anilines is 1. The molecule has 1 amide bonds. The van der Waals surface area contributed by atoms with Crippen molar-refractivity contribution < 1.29 is 4.79 Å². The Balaban J connectivity index is 1.69. The summed E-state index contributed by atoms with van der Waals surface area (Å²) >= 11 is 0. The molecule has 0 saturated heterocycles. The van der Waals surface area contributed by atoms with Crippen LogP contribution in [0.1, 0.15) is 12.0 Å². The van der Waals surface area contributed by atoms with Crippen LogP contribution in [-0.4, -0.2) is 15.7 Å². The van der Waals surface area contributed by atoms with Crippen molar-refractivity contribution in [2.45, 2.75) is 19.9 Å². The van der Waals surface area contributed by atoms with Crippen LogP contribution in [0, 0.1) is 6.92 Å². The predicted molar refractivity (Wildman–Crippen MR) is 84.2 cm³/mol. The Morgan fingerprint density at radius 1 is 1.19 bits per heavy atom. The van der Waals surface area contributed by atoms with Crippen molar-refractivity contribution in [3.8, 4) is 0 Å². The minimum Gasteiger partial charge on any atom is -0.325 e. The Labute approximate surface area is 123 Å². The van der Waals surface area contributed by atoms with Crippen molar-refractivity contribution in [2.24, 2.45) is 0 Å². The third-order valence-corrected chi connectivity index (χ3v) is 3.39. The van der Waals surface area contributed by atoms with E-state index in [2.05, 4.69) is 10.4 Å². The summed E-state index contributed by atoms with van der Waals surface area (Å²) in [5, 5.41) is 9.35. The van der Waals surface area contributed by atoms with Gasteiger partial charge in [-0.1, -0.05) is 36.4 Å². The highest BCUT2D eigenvalue weighted by Gasteiger charge is 2.06. The van der Waals surface area contributed by atoms with E-state index in [0.717, 1.165) is 22.0 Å². The van der Waals surface area contributed by atoms with Gasteiger partial charge < -0.3 is 5.32 Å². The number of carbonyl (C=O) groups is 1. The van der Waals surface area contributed by atoms with Gasteiger partial charge in [-0.05, 0) is 23.9 Å². The summed E-state index contributed by atoms with van der Waals surface area (Å²) in [6.07, 6.45) is 4.14. The monoisotopic (exact) mass is 279 g/mol. The number of aromatic nitrogens is 2. The van der Waals surface area contributed by atoms with E-state index >= 15 is 0 Å². The molecule has 1 heterocycles. The van der Waals surface area contributed by atoms with Crippen LogP contribution in [0.2, 0.25) is 0 Å². The maximum atomic E-state index is 12.1. The van der Waals surface area contributed by atoms with E-state index in [1.54, 1.807) is 10.9 Å². The van der Waals surface area contributed by atoms with Crippen molar-refractivity contribution in [3.05, 3.63) is 60.4 Å². The molecule has 4 heteroatoms. The molecule has 0 bridgehead atoms. The molecule has 2 aromatic carbocycles. The van der Waals surface area contributed by atoms with Gasteiger partial charge in [0.2, 0.25) is 5.91 Å². The highest BCUT2D eigenvalue weighted by atomic mass is 16.1. The summed E-state index contributed by atoms with van der Waals surface area (Å²) in [5.74, 6) is -0.000457. The summed E-state index contributed by atoms with van der Waals surface area (Å²) in [4.78, 5) is 12.1. The Kier molecular flexibility index (Phi) is 3.69. The number of carbonyl (C=O) groups excluding carboxylic acids is 1. The molecule has 0 aliphatic carbocycles. The largest absolute Gasteiger partial charge is 0.325 e. The first kappa shape index (κ1) is 13.4. The minimum absolute atomic E-state index is 0.000457. The van der Waals surface area contributed by atoms with E-state index in [9.17, 15) is 4.79 Å². The van der Waals surface area contributed by atoms with Gasteiger partial charge in [0.25, 0.3) is 0 Å². The van der Waals surface area contributed by atoms with Crippen LogP contribution in [0.4, 0.5) is 5.69 Å². The van der Waals surface area contributed by atoms with Crippen molar-refractivity contribution in [1.29, 1.82) is 0 Å². The second-order valence-corrected chi connectivity index (χ2v) is 5.11. The molecule has 0 aliphatic rings. The third kappa shape index (κ3) is 3.11. The van der Waals surface area contributed by atoms with Gasteiger partial charge in [0.05, 0.1) is 6.20 Å². The summed E-state index contributed by atoms with van der Waals surface area (Å²) in [6, 6.07) is 13.9. The summed E-state index contributed by atoms with van der Waals surface area (Å²) in [5.41, 5.74) is 1.96. The highest BCUT2D eigenvalue weighted by Crippen LogP contribution is 2.22. The van der Waals surface area contributed by atoms with E-state index in [1.807, 2.05) is 55.6 Å². The summed E-state index contributed by atoms with van der Waals surface area (Å²) in [7, 11) is 0.